The van der Waals surface area contributed by atoms with Gasteiger partial charge in [0.05, 0.1) is 5.02 Å². The van der Waals surface area contributed by atoms with Crippen LogP contribution in [-0.4, -0.2) is 6.47 Å². The van der Waals surface area contributed by atoms with Gasteiger partial charge in [-0.05, 0) is 23.6 Å². The van der Waals surface area contributed by atoms with Gasteiger partial charge in [0.25, 0.3) is 6.47 Å². The summed E-state index contributed by atoms with van der Waals surface area (Å²) in [5.74, 6) is 0.814. The largest absolute Gasteiger partial charge is 0.427 e. The second-order valence-corrected chi connectivity index (χ2v) is 3.47. The fraction of sp³-hybridized carbons (Fsp3) is 0.300. The van der Waals surface area contributed by atoms with Crippen molar-refractivity contribution in [3.05, 3.63) is 28.8 Å². The normalized spacial score (nSPS) is 10.2. The quantitative estimate of drug-likeness (QED) is 0.698. The number of benzene rings is 1. The Bertz CT molecular complexity index is 308. The SMILES string of the molecule is CC(C)c1ccc(Cl)c(OC=O)c1. The fourth-order valence-electron chi connectivity index (χ4n) is 1.02. The minimum absolute atomic E-state index is 0.380. The van der Waals surface area contributed by atoms with Gasteiger partial charge in [0.2, 0.25) is 0 Å². The van der Waals surface area contributed by atoms with Crippen LogP contribution in [0.25, 0.3) is 0 Å². The number of hydrogen-bond donors (Lipinski definition) is 0. The summed E-state index contributed by atoms with van der Waals surface area (Å²) in [7, 11) is 0. The van der Waals surface area contributed by atoms with Crippen LogP contribution in [0.1, 0.15) is 25.3 Å². The average Bonchev–Trinajstić information content (AvgIpc) is 2.08. The van der Waals surface area contributed by atoms with Crippen molar-refractivity contribution in [1.29, 1.82) is 0 Å². The molecule has 0 fully saturated rings. The highest BCUT2D eigenvalue weighted by Gasteiger charge is 2.05. The lowest BCUT2D eigenvalue weighted by atomic mass is 10.0. The molecule has 1 aromatic carbocycles. The second-order valence-electron chi connectivity index (χ2n) is 3.06. The Morgan fingerprint density at radius 1 is 1.46 bits per heavy atom. The van der Waals surface area contributed by atoms with Crippen LogP contribution in [0.5, 0.6) is 5.75 Å². The van der Waals surface area contributed by atoms with E-state index in [-0.39, 0.29) is 0 Å². The number of rotatable bonds is 3. The first-order chi connectivity index (χ1) is 6.15. The highest BCUT2D eigenvalue weighted by molar-refractivity contribution is 6.32. The van der Waals surface area contributed by atoms with Crippen LogP contribution >= 0.6 is 11.6 Å². The number of carbonyl (C=O) groups is 1. The van der Waals surface area contributed by atoms with Gasteiger partial charge in [0.15, 0.2) is 0 Å². The van der Waals surface area contributed by atoms with Crippen LogP contribution < -0.4 is 4.74 Å². The van der Waals surface area contributed by atoms with E-state index >= 15 is 0 Å². The van der Waals surface area contributed by atoms with Gasteiger partial charge in [-0.3, -0.25) is 4.79 Å². The molecule has 1 aromatic rings. The molecule has 0 N–H and O–H groups in total. The molecule has 1 rings (SSSR count). The number of carbonyl (C=O) groups excluding carboxylic acids is 1. The van der Waals surface area contributed by atoms with Gasteiger partial charge in [-0.2, -0.15) is 0 Å². The lowest BCUT2D eigenvalue weighted by Crippen LogP contribution is -1.93. The van der Waals surface area contributed by atoms with Crippen molar-refractivity contribution >= 4 is 18.1 Å². The first-order valence-electron chi connectivity index (χ1n) is 4.05. The third-order valence-electron chi connectivity index (χ3n) is 1.80. The summed E-state index contributed by atoms with van der Waals surface area (Å²) in [6.45, 7) is 4.51. The number of halogens is 1. The van der Waals surface area contributed by atoms with Crippen LogP contribution in [0.15, 0.2) is 18.2 Å². The maximum atomic E-state index is 10.1. The molecule has 70 valence electrons. The molecule has 0 bridgehead atoms. The molecule has 2 nitrogen and oxygen atoms in total. The molecule has 0 amide bonds. The zero-order valence-corrected chi connectivity index (χ0v) is 8.34. The van der Waals surface area contributed by atoms with E-state index in [1.54, 1.807) is 12.1 Å². The van der Waals surface area contributed by atoms with Crippen LogP contribution in [0.4, 0.5) is 0 Å². The molecule has 0 saturated heterocycles. The van der Waals surface area contributed by atoms with Crippen molar-refractivity contribution in [2.24, 2.45) is 0 Å². The predicted molar refractivity (Wildman–Crippen MR) is 52.2 cm³/mol. The summed E-state index contributed by atoms with van der Waals surface area (Å²) in [5, 5.41) is 0.455. The maximum absolute atomic E-state index is 10.1. The third-order valence-corrected chi connectivity index (χ3v) is 2.11. The smallest absolute Gasteiger partial charge is 0.298 e. The van der Waals surface area contributed by atoms with Gasteiger partial charge in [-0.25, -0.2) is 0 Å². The Hall–Kier alpha value is -1.02. The number of ether oxygens (including phenoxy) is 1. The molecule has 0 aliphatic heterocycles. The van der Waals surface area contributed by atoms with Crippen molar-refractivity contribution in [2.45, 2.75) is 19.8 Å². The topological polar surface area (TPSA) is 26.3 Å². The van der Waals surface area contributed by atoms with Crippen LogP contribution in [0, 0.1) is 0 Å². The van der Waals surface area contributed by atoms with E-state index in [4.69, 9.17) is 16.3 Å². The predicted octanol–water partition coefficient (Wildman–Crippen LogP) is 3.00. The summed E-state index contributed by atoms with van der Waals surface area (Å²) in [6.07, 6.45) is 0. The lowest BCUT2D eigenvalue weighted by Gasteiger charge is -2.07. The van der Waals surface area contributed by atoms with Gasteiger partial charge in [-0.15, -0.1) is 0 Å². The van der Waals surface area contributed by atoms with E-state index in [2.05, 4.69) is 13.8 Å². The average molecular weight is 199 g/mol. The molecule has 0 spiro atoms. The highest BCUT2D eigenvalue weighted by atomic mass is 35.5. The minimum Gasteiger partial charge on any atom is -0.427 e. The zero-order chi connectivity index (χ0) is 9.84. The Kier molecular flexibility index (Phi) is 3.32. The van der Waals surface area contributed by atoms with Gasteiger partial charge < -0.3 is 4.74 Å². The van der Waals surface area contributed by atoms with Crippen molar-refractivity contribution in [2.75, 3.05) is 0 Å². The Balaban J connectivity index is 3.03. The summed E-state index contributed by atoms with van der Waals surface area (Å²) < 4.78 is 4.71. The van der Waals surface area contributed by atoms with Crippen LogP contribution in [-0.2, 0) is 4.79 Å². The Labute approximate surface area is 82.5 Å². The van der Waals surface area contributed by atoms with Crippen LogP contribution in [0.2, 0.25) is 5.02 Å². The van der Waals surface area contributed by atoms with Gasteiger partial charge >= 0.3 is 0 Å². The van der Waals surface area contributed by atoms with Crippen LogP contribution in [0.3, 0.4) is 0 Å². The Morgan fingerprint density at radius 2 is 2.15 bits per heavy atom. The van der Waals surface area contributed by atoms with E-state index in [1.807, 2.05) is 6.07 Å². The molecule has 0 aromatic heterocycles. The van der Waals surface area contributed by atoms with E-state index in [0.717, 1.165) is 5.56 Å². The van der Waals surface area contributed by atoms with E-state index in [1.165, 1.54) is 0 Å². The standard InChI is InChI=1S/C10H11ClO2/c1-7(2)8-3-4-9(11)10(5-8)13-6-12/h3-7H,1-2H3. The molecule has 3 heteroatoms. The minimum atomic E-state index is 0.380. The summed E-state index contributed by atoms with van der Waals surface area (Å²) in [6, 6.07) is 5.43. The van der Waals surface area contributed by atoms with E-state index < -0.39 is 0 Å². The first-order valence-corrected chi connectivity index (χ1v) is 4.42. The molecule has 0 unspecified atom stereocenters. The second kappa shape index (κ2) is 4.28. The molecular formula is C10H11ClO2. The van der Waals surface area contributed by atoms with Crippen molar-refractivity contribution in [1.82, 2.24) is 0 Å². The summed E-state index contributed by atoms with van der Waals surface area (Å²) in [5.41, 5.74) is 1.10. The van der Waals surface area contributed by atoms with E-state index in [0.29, 0.717) is 23.2 Å². The highest BCUT2D eigenvalue weighted by Crippen LogP contribution is 2.28. The number of hydrogen-bond acceptors (Lipinski definition) is 2. The van der Waals surface area contributed by atoms with Gasteiger partial charge in [0, 0.05) is 0 Å². The Morgan fingerprint density at radius 3 is 2.69 bits per heavy atom. The monoisotopic (exact) mass is 198 g/mol. The molecular weight excluding hydrogens is 188 g/mol. The molecule has 0 aliphatic rings. The van der Waals surface area contributed by atoms with Gasteiger partial charge in [0.1, 0.15) is 5.75 Å². The summed E-state index contributed by atoms with van der Waals surface area (Å²) in [4.78, 5) is 10.1. The summed E-state index contributed by atoms with van der Waals surface area (Å²) >= 11 is 5.80. The lowest BCUT2D eigenvalue weighted by molar-refractivity contribution is -0.120. The molecule has 0 atom stereocenters. The zero-order valence-electron chi connectivity index (χ0n) is 7.58. The van der Waals surface area contributed by atoms with Crippen molar-refractivity contribution < 1.29 is 9.53 Å². The maximum Gasteiger partial charge on any atom is 0.298 e. The fourth-order valence-corrected chi connectivity index (χ4v) is 1.18. The first kappa shape index (κ1) is 10.1. The molecule has 0 aliphatic carbocycles. The van der Waals surface area contributed by atoms with Crippen molar-refractivity contribution in [3.63, 3.8) is 0 Å². The third kappa shape index (κ3) is 2.46. The van der Waals surface area contributed by atoms with E-state index in [9.17, 15) is 4.79 Å². The molecule has 0 heterocycles. The molecule has 0 radical (unpaired) electrons. The molecule has 0 saturated carbocycles. The van der Waals surface area contributed by atoms with Gasteiger partial charge in [-0.1, -0.05) is 31.5 Å². The molecule has 13 heavy (non-hydrogen) atoms. The van der Waals surface area contributed by atoms with Crippen molar-refractivity contribution in [3.8, 4) is 5.75 Å².